The minimum Gasteiger partial charge on any atom is -0.454 e. The number of benzene rings is 2. The third kappa shape index (κ3) is 5.40. The molecule has 0 atom stereocenters. The Balaban J connectivity index is 1.19. The second-order valence-electron chi connectivity index (χ2n) is 8.97. The normalized spacial score (nSPS) is 14.2. The van der Waals surface area contributed by atoms with Crippen molar-refractivity contribution in [1.29, 1.82) is 0 Å². The smallest absolute Gasteiger partial charge is 0.274 e. The summed E-state index contributed by atoms with van der Waals surface area (Å²) in [7, 11) is 1.51. The summed E-state index contributed by atoms with van der Waals surface area (Å²) < 4.78 is 25.4. The van der Waals surface area contributed by atoms with E-state index in [9.17, 15) is 18.8 Å². The topological polar surface area (TPSA) is 106 Å². The van der Waals surface area contributed by atoms with Crippen molar-refractivity contribution in [3.8, 4) is 11.5 Å². The van der Waals surface area contributed by atoms with Crippen molar-refractivity contribution in [3.63, 3.8) is 0 Å². The van der Waals surface area contributed by atoms with Gasteiger partial charge in [0.25, 0.3) is 11.8 Å². The average Bonchev–Trinajstić information content (AvgIpc) is 3.51. The number of hydrogen-bond donors (Lipinski definition) is 1. The van der Waals surface area contributed by atoms with Gasteiger partial charge in [-0.1, -0.05) is 18.2 Å². The zero-order valence-electron chi connectivity index (χ0n) is 20.3. The van der Waals surface area contributed by atoms with Gasteiger partial charge in [0.2, 0.25) is 12.7 Å². The van der Waals surface area contributed by atoms with Gasteiger partial charge in [-0.3, -0.25) is 19.1 Å². The largest absolute Gasteiger partial charge is 0.454 e. The zero-order valence-corrected chi connectivity index (χ0v) is 20.3. The molecule has 3 heterocycles. The highest BCUT2D eigenvalue weighted by atomic mass is 19.1. The van der Waals surface area contributed by atoms with Crippen molar-refractivity contribution in [2.75, 3.05) is 26.9 Å². The van der Waals surface area contributed by atoms with E-state index in [1.54, 1.807) is 29.2 Å². The first-order chi connectivity index (χ1) is 17.9. The Morgan fingerprint density at radius 2 is 1.81 bits per heavy atom. The maximum Gasteiger partial charge on any atom is 0.274 e. The number of likely N-dealkylation sites (N-methyl/N-ethyl adjacent to an activating group) is 1. The van der Waals surface area contributed by atoms with Crippen LogP contribution in [-0.2, 0) is 24.4 Å². The van der Waals surface area contributed by atoms with Crippen LogP contribution in [0.15, 0.2) is 48.5 Å². The first-order valence-corrected chi connectivity index (χ1v) is 11.9. The van der Waals surface area contributed by atoms with Crippen molar-refractivity contribution in [1.82, 2.24) is 24.9 Å². The van der Waals surface area contributed by atoms with Crippen molar-refractivity contribution in [2.45, 2.75) is 26.1 Å². The quantitative estimate of drug-likeness (QED) is 0.526. The number of hydrogen-bond acceptors (Lipinski definition) is 6. The van der Waals surface area contributed by atoms with E-state index in [1.165, 1.54) is 34.8 Å². The number of nitrogens with zero attached hydrogens (tertiary/aromatic N) is 4. The Hall–Kier alpha value is -4.41. The number of aryl methyl sites for hydroxylation is 1. The average molecular weight is 508 g/mol. The number of nitrogens with one attached hydrogen (secondary N) is 1. The summed E-state index contributed by atoms with van der Waals surface area (Å²) in [6, 6.07) is 12.9. The van der Waals surface area contributed by atoms with E-state index >= 15 is 0 Å². The molecule has 3 amide bonds. The first kappa shape index (κ1) is 24.3. The lowest BCUT2D eigenvalue weighted by Gasteiger charge is -2.20. The van der Waals surface area contributed by atoms with Crippen molar-refractivity contribution >= 4 is 17.7 Å². The summed E-state index contributed by atoms with van der Waals surface area (Å²) in [5, 5.41) is 7.13. The monoisotopic (exact) mass is 507 g/mol. The van der Waals surface area contributed by atoms with Crippen LogP contribution in [0.1, 0.15) is 38.5 Å². The van der Waals surface area contributed by atoms with Crippen molar-refractivity contribution in [2.24, 2.45) is 0 Å². The van der Waals surface area contributed by atoms with E-state index in [0.29, 0.717) is 43.2 Å². The summed E-state index contributed by atoms with van der Waals surface area (Å²) in [6.07, 6.45) is 0.660. The molecule has 192 valence electrons. The van der Waals surface area contributed by atoms with Crippen molar-refractivity contribution < 1.29 is 28.2 Å². The van der Waals surface area contributed by atoms with Gasteiger partial charge in [-0.05, 0) is 41.8 Å². The molecule has 1 N–H and O–H groups in total. The molecule has 0 spiro atoms. The number of ether oxygens (including phenoxy) is 2. The standard InChI is InChI=1S/C26H26FN5O5/c1-30(15-24(33)28-13-18-5-8-22-23(11-18)37-16-36-22)25(34)20-12-21-26(35)31(9-2-10-32(21)29-20)14-17-3-6-19(27)7-4-17/h3-8,11-12H,2,9-10,13-16H2,1H3,(H,28,33). The minimum atomic E-state index is -0.461. The fourth-order valence-electron chi connectivity index (χ4n) is 4.29. The molecule has 3 aromatic rings. The molecule has 11 heteroatoms. The fourth-order valence-corrected chi connectivity index (χ4v) is 4.29. The number of carbonyl (C=O) groups excluding carboxylic acids is 3. The summed E-state index contributed by atoms with van der Waals surface area (Å²) in [5.41, 5.74) is 2.06. The molecule has 0 aliphatic carbocycles. The predicted molar refractivity (Wildman–Crippen MR) is 129 cm³/mol. The van der Waals surface area contributed by atoms with Gasteiger partial charge in [-0.2, -0.15) is 5.10 Å². The number of carbonyl (C=O) groups is 3. The Morgan fingerprint density at radius 3 is 2.62 bits per heavy atom. The molecule has 0 radical (unpaired) electrons. The molecule has 0 fully saturated rings. The van der Waals surface area contributed by atoms with E-state index in [-0.39, 0.29) is 43.2 Å². The minimum absolute atomic E-state index is 0.0954. The number of rotatable bonds is 7. The van der Waals surface area contributed by atoms with Gasteiger partial charge >= 0.3 is 0 Å². The van der Waals surface area contributed by atoms with Crippen LogP contribution in [0, 0.1) is 5.82 Å². The Morgan fingerprint density at radius 1 is 1.05 bits per heavy atom. The molecule has 37 heavy (non-hydrogen) atoms. The summed E-state index contributed by atoms with van der Waals surface area (Å²) in [5.74, 6) is -0.0942. The van der Waals surface area contributed by atoms with Crippen LogP contribution in [0.4, 0.5) is 4.39 Å². The second kappa shape index (κ2) is 10.3. The molecule has 2 aromatic carbocycles. The van der Waals surface area contributed by atoms with Crippen LogP contribution in [-0.4, -0.2) is 64.2 Å². The Bertz CT molecular complexity index is 1340. The molecule has 5 rings (SSSR count). The predicted octanol–water partition coefficient (Wildman–Crippen LogP) is 2.19. The van der Waals surface area contributed by atoms with E-state index in [2.05, 4.69) is 10.4 Å². The lowest BCUT2D eigenvalue weighted by atomic mass is 10.2. The summed E-state index contributed by atoms with van der Waals surface area (Å²) in [6.45, 7) is 1.61. The zero-order chi connectivity index (χ0) is 25.9. The van der Waals surface area contributed by atoms with Gasteiger partial charge in [-0.15, -0.1) is 0 Å². The van der Waals surface area contributed by atoms with E-state index in [4.69, 9.17) is 9.47 Å². The molecule has 10 nitrogen and oxygen atoms in total. The fraction of sp³-hybridized carbons (Fsp3) is 0.308. The van der Waals surface area contributed by atoms with Crippen LogP contribution in [0.25, 0.3) is 0 Å². The molecule has 0 saturated carbocycles. The number of aromatic nitrogens is 2. The van der Waals surface area contributed by atoms with Gasteiger partial charge in [0, 0.05) is 39.3 Å². The van der Waals surface area contributed by atoms with Gasteiger partial charge in [0.05, 0.1) is 6.54 Å². The highest BCUT2D eigenvalue weighted by molar-refractivity contribution is 5.99. The Kier molecular flexibility index (Phi) is 6.76. The van der Waals surface area contributed by atoms with Crippen LogP contribution in [0.2, 0.25) is 0 Å². The van der Waals surface area contributed by atoms with Gasteiger partial charge < -0.3 is 24.6 Å². The van der Waals surface area contributed by atoms with Gasteiger partial charge in [0.15, 0.2) is 17.2 Å². The van der Waals surface area contributed by atoms with Crippen LogP contribution in [0.5, 0.6) is 11.5 Å². The Labute approximate surface area is 212 Å². The first-order valence-electron chi connectivity index (χ1n) is 11.9. The van der Waals surface area contributed by atoms with E-state index in [0.717, 1.165) is 11.1 Å². The molecule has 0 saturated heterocycles. The number of halogens is 1. The van der Waals surface area contributed by atoms with Crippen LogP contribution >= 0.6 is 0 Å². The van der Waals surface area contributed by atoms with E-state index in [1.807, 2.05) is 6.07 Å². The van der Waals surface area contributed by atoms with E-state index < -0.39 is 5.91 Å². The SMILES string of the molecule is CN(CC(=O)NCc1ccc2c(c1)OCO2)C(=O)c1cc2n(n1)CCCN(Cc1ccc(F)cc1)C2=O. The molecule has 0 unspecified atom stereocenters. The highest BCUT2D eigenvalue weighted by Gasteiger charge is 2.27. The summed E-state index contributed by atoms with van der Waals surface area (Å²) in [4.78, 5) is 41.5. The van der Waals surface area contributed by atoms with Crippen molar-refractivity contribution in [3.05, 3.63) is 76.9 Å². The van der Waals surface area contributed by atoms with Gasteiger partial charge in [0.1, 0.15) is 11.5 Å². The number of fused-ring (bicyclic) bond motifs is 2. The van der Waals surface area contributed by atoms with Crippen LogP contribution in [0.3, 0.4) is 0 Å². The third-order valence-corrected chi connectivity index (χ3v) is 6.24. The molecule has 1 aromatic heterocycles. The maximum absolute atomic E-state index is 13.2. The molecular formula is C26H26FN5O5. The van der Waals surface area contributed by atoms with Gasteiger partial charge in [-0.25, -0.2) is 4.39 Å². The lowest BCUT2D eigenvalue weighted by Crippen LogP contribution is -2.38. The third-order valence-electron chi connectivity index (χ3n) is 6.24. The number of amides is 3. The lowest BCUT2D eigenvalue weighted by molar-refractivity contribution is -0.121. The molecule has 2 aliphatic rings. The maximum atomic E-state index is 13.2. The second-order valence-corrected chi connectivity index (χ2v) is 8.97. The molecular weight excluding hydrogens is 481 g/mol. The molecule has 2 aliphatic heterocycles. The molecule has 0 bridgehead atoms. The summed E-state index contributed by atoms with van der Waals surface area (Å²) >= 11 is 0. The highest BCUT2D eigenvalue weighted by Crippen LogP contribution is 2.32. The van der Waals surface area contributed by atoms with Crippen LogP contribution < -0.4 is 14.8 Å².